The van der Waals surface area contributed by atoms with Crippen LogP contribution >= 0.6 is 23.5 Å². The highest BCUT2D eigenvalue weighted by molar-refractivity contribution is 8.14. The Morgan fingerprint density at radius 2 is 2.57 bits per heavy atom. The smallest absolute Gasteiger partial charge is 0.199 e. The molecular weight excluding hydrogens is 216 g/mol. The molecule has 0 N–H and O–H groups in total. The van der Waals surface area contributed by atoms with Crippen molar-refractivity contribution in [2.24, 2.45) is 0 Å². The molecule has 2 heterocycles. The second kappa shape index (κ2) is 4.14. The maximum Gasteiger partial charge on any atom is 0.199 e. The van der Waals surface area contributed by atoms with Gasteiger partial charge in [0.15, 0.2) is 10.3 Å². The van der Waals surface area contributed by atoms with E-state index in [1.807, 2.05) is 0 Å². The minimum Gasteiger partial charge on any atom is -0.286 e. The van der Waals surface area contributed by atoms with Crippen molar-refractivity contribution >= 4 is 28.6 Å². The lowest BCUT2D eigenvalue weighted by molar-refractivity contribution is -0.110. The van der Waals surface area contributed by atoms with Crippen LogP contribution in [0, 0.1) is 0 Å². The summed E-state index contributed by atoms with van der Waals surface area (Å²) in [4.78, 5) is 20.5. The largest absolute Gasteiger partial charge is 0.286 e. The van der Waals surface area contributed by atoms with Gasteiger partial charge in [-0.2, -0.15) is 0 Å². The molecule has 1 aromatic rings. The Balaban J connectivity index is 2.19. The summed E-state index contributed by atoms with van der Waals surface area (Å²) in [7, 11) is 0. The molecule has 0 bridgehead atoms. The Morgan fingerprint density at radius 3 is 3.36 bits per heavy atom. The maximum absolute atomic E-state index is 11.1. The second-order valence-electron chi connectivity index (χ2n) is 2.71. The van der Waals surface area contributed by atoms with E-state index in [4.69, 9.17) is 0 Å². The summed E-state index contributed by atoms with van der Waals surface area (Å²) in [6.07, 6.45) is 3.97. The zero-order valence-electron chi connectivity index (χ0n) is 7.40. The molecule has 14 heavy (non-hydrogen) atoms. The molecule has 5 heteroatoms. The minimum absolute atomic E-state index is 0.153. The first-order valence-corrected chi connectivity index (χ1v) is 5.90. The summed E-state index contributed by atoms with van der Waals surface area (Å²) in [5.74, 6) is 0.792. The van der Waals surface area contributed by atoms with Gasteiger partial charge in [0.2, 0.25) is 0 Å². The van der Waals surface area contributed by atoms with Crippen LogP contribution in [0.3, 0.4) is 0 Å². The van der Waals surface area contributed by atoms with E-state index < -0.39 is 0 Å². The van der Waals surface area contributed by atoms with E-state index in [0.29, 0.717) is 6.42 Å². The summed E-state index contributed by atoms with van der Waals surface area (Å²) in [5.41, 5.74) is 0.863. The van der Waals surface area contributed by atoms with Gasteiger partial charge in [0, 0.05) is 11.9 Å². The van der Waals surface area contributed by atoms with E-state index in [-0.39, 0.29) is 5.12 Å². The number of thioether (sulfide) groups is 2. The topological polar surface area (TPSA) is 42.9 Å². The lowest BCUT2D eigenvalue weighted by atomic mass is 10.3. The number of carbonyl (C=O) groups is 1. The van der Waals surface area contributed by atoms with Gasteiger partial charge >= 0.3 is 0 Å². The fourth-order valence-corrected chi connectivity index (χ4v) is 2.46. The average Bonchev–Trinajstić information content (AvgIpc) is 2.54. The molecule has 1 aliphatic heterocycles. The van der Waals surface area contributed by atoms with Gasteiger partial charge < -0.3 is 0 Å². The molecule has 0 spiro atoms. The molecule has 0 saturated heterocycles. The van der Waals surface area contributed by atoms with Crippen LogP contribution in [-0.4, -0.2) is 20.8 Å². The Morgan fingerprint density at radius 1 is 1.71 bits per heavy atom. The molecule has 0 fully saturated rings. The number of rotatable bonds is 3. The molecular formula is C9H8N2OS2. The molecule has 0 radical (unpaired) electrons. The Hall–Kier alpha value is -0.810. The van der Waals surface area contributed by atoms with Crippen LogP contribution in [0.1, 0.15) is 5.69 Å². The highest BCUT2D eigenvalue weighted by atomic mass is 32.2. The predicted molar refractivity (Wildman–Crippen MR) is 57.5 cm³/mol. The number of fused-ring (bicyclic) bond motifs is 1. The van der Waals surface area contributed by atoms with Crippen molar-refractivity contribution in [2.45, 2.75) is 16.5 Å². The van der Waals surface area contributed by atoms with Crippen molar-refractivity contribution < 1.29 is 4.79 Å². The van der Waals surface area contributed by atoms with Crippen molar-refractivity contribution in [3.63, 3.8) is 0 Å². The summed E-state index contributed by atoms with van der Waals surface area (Å²) < 4.78 is 0. The van der Waals surface area contributed by atoms with Crippen molar-refractivity contribution in [1.29, 1.82) is 0 Å². The quantitative estimate of drug-likeness (QED) is 0.446. The maximum atomic E-state index is 11.1. The zero-order chi connectivity index (χ0) is 9.97. The van der Waals surface area contributed by atoms with E-state index in [1.54, 1.807) is 12.3 Å². The van der Waals surface area contributed by atoms with Gasteiger partial charge in [-0.15, -0.1) is 6.58 Å². The number of nitrogens with zero attached hydrogens (tertiary/aromatic N) is 2. The summed E-state index contributed by atoms with van der Waals surface area (Å²) in [6.45, 7) is 3.63. The molecule has 0 saturated carbocycles. The van der Waals surface area contributed by atoms with Crippen molar-refractivity contribution in [3.8, 4) is 0 Å². The van der Waals surface area contributed by atoms with Crippen molar-refractivity contribution in [1.82, 2.24) is 9.97 Å². The van der Waals surface area contributed by atoms with Crippen LogP contribution in [-0.2, 0) is 11.2 Å². The SMILES string of the molecule is C=CCSc1ncc2c(n1)CC(=O)S2. The Kier molecular flexibility index (Phi) is 2.88. The van der Waals surface area contributed by atoms with Crippen LogP contribution in [0.5, 0.6) is 0 Å². The molecule has 1 aliphatic rings. The molecule has 72 valence electrons. The van der Waals surface area contributed by atoms with Gasteiger partial charge in [-0.1, -0.05) is 17.8 Å². The van der Waals surface area contributed by atoms with Crippen LogP contribution in [0.4, 0.5) is 0 Å². The second-order valence-corrected chi connectivity index (χ2v) is 4.80. The van der Waals surface area contributed by atoms with Gasteiger partial charge in [-0.25, -0.2) is 9.97 Å². The molecule has 0 atom stereocenters. The minimum atomic E-state index is 0.153. The van der Waals surface area contributed by atoms with Crippen molar-refractivity contribution in [2.75, 3.05) is 5.75 Å². The third-order valence-electron chi connectivity index (χ3n) is 1.67. The summed E-state index contributed by atoms with van der Waals surface area (Å²) in [5, 5.41) is 0.874. The van der Waals surface area contributed by atoms with E-state index >= 15 is 0 Å². The fraction of sp³-hybridized carbons (Fsp3) is 0.222. The van der Waals surface area contributed by atoms with E-state index in [2.05, 4.69) is 16.5 Å². The fourth-order valence-electron chi connectivity index (χ4n) is 1.10. The number of hydrogen-bond acceptors (Lipinski definition) is 5. The molecule has 1 aromatic heterocycles. The first-order chi connectivity index (χ1) is 6.79. The van der Waals surface area contributed by atoms with Gasteiger partial charge in [-0.3, -0.25) is 4.79 Å². The van der Waals surface area contributed by atoms with Crippen molar-refractivity contribution in [3.05, 3.63) is 24.5 Å². The van der Waals surface area contributed by atoms with Crippen LogP contribution < -0.4 is 0 Å². The first-order valence-electron chi connectivity index (χ1n) is 4.10. The van der Waals surface area contributed by atoms with E-state index in [0.717, 1.165) is 21.5 Å². The highest BCUT2D eigenvalue weighted by Gasteiger charge is 2.21. The molecule has 0 aliphatic carbocycles. The van der Waals surface area contributed by atoms with Crippen LogP contribution in [0.2, 0.25) is 0 Å². The Bertz CT molecular complexity index is 392. The number of aromatic nitrogens is 2. The Labute approximate surface area is 90.4 Å². The molecule has 0 amide bonds. The van der Waals surface area contributed by atoms with Gasteiger partial charge in [0.05, 0.1) is 17.0 Å². The van der Waals surface area contributed by atoms with Crippen LogP contribution in [0.15, 0.2) is 28.9 Å². The molecule has 3 nitrogen and oxygen atoms in total. The summed E-state index contributed by atoms with van der Waals surface area (Å²) >= 11 is 2.76. The third-order valence-corrected chi connectivity index (χ3v) is 3.46. The zero-order valence-corrected chi connectivity index (χ0v) is 9.03. The number of carbonyl (C=O) groups excluding carboxylic acids is 1. The van der Waals surface area contributed by atoms with E-state index in [9.17, 15) is 4.79 Å². The normalized spacial score (nSPS) is 14.1. The molecule has 0 aromatic carbocycles. The highest BCUT2D eigenvalue weighted by Crippen LogP contribution is 2.31. The molecule has 0 unspecified atom stereocenters. The van der Waals surface area contributed by atoms with Gasteiger partial charge in [-0.05, 0) is 11.8 Å². The summed E-state index contributed by atoms with van der Waals surface area (Å²) in [6, 6.07) is 0. The van der Waals surface area contributed by atoms with Crippen LogP contribution in [0.25, 0.3) is 0 Å². The lowest BCUT2D eigenvalue weighted by Gasteiger charge is -1.98. The molecule has 2 rings (SSSR count). The van der Waals surface area contributed by atoms with Gasteiger partial charge in [0.25, 0.3) is 0 Å². The van der Waals surface area contributed by atoms with E-state index in [1.165, 1.54) is 23.5 Å². The monoisotopic (exact) mass is 224 g/mol. The average molecular weight is 224 g/mol. The first kappa shape index (κ1) is 9.73. The number of hydrogen-bond donors (Lipinski definition) is 0. The predicted octanol–water partition coefficient (Wildman–Crippen LogP) is 1.93. The van der Waals surface area contributed by atoms with Gasteiger partial charge in [0.1, 0.15) is 0 Å². The lowest BCUT2D eigenvalue weighted by Crippen LogP contribution is -1.94. The standard InChI is InChI=1S/C9H8N2OS2/c1-2-3-13-9-10-5-7-6(11-9)4-8(12)14-7/h2,5H,1,3-4H2. The third kappa shape index (κ3) is 1.99.